The Kier molecular flexibility index (Phi) is 9.40. The first-order chi connectivity index (χ1) is 15.4. The fourth-order valence-electron chi connectivity index (χ4n) is 5.35. The Morgan fingerprint density at radius 3 is 2.09 bits per heavy atom. The lowest BCUT2D eigenvalue weighted by Gasteiger charge is -2.35. The Labute approximate surface area is 198 Å². The van der Waals surface area contributed by atoms with E-state index >= 15 is 0 Å². The Morgan fingerprint density at radius 1 is 0.969 bits per heavy atom. The average Bonchev–Trinajstić information content (AvgIpc) is 2.82. The van der Waals surface area contributed by atoms with Crippen molar-refractivity contribution in [2.24, 2.45) is 16.8 Å². The molecular weight excluding hydrogens is 390 g/mol. The molecule has 1 aromatic carbocycles. The summed E-state index contributed by atoms with van der Waals surface area (Å²) in [4.78, 5) is 10.8. The summed E-state index contributed by atoms with van der Waals surface area (Å²) >= 11 is 0. The summed E-state index contributed by atoms with van der Waals surface area (Å²) in [6, 6.07) is 6.79. The molecule has 0 radical (unpaired) electrons. The fraction of sp³-hybridized carbons (Fsp3) is 0.690. The van der Waals surface area contributed by atoms with Gasteiger partial charge in [-0.3, -0.25) is 4.90 Å². The molecule has 2 heterocycles. The predicted octanol–water partition coefficient (Wildman–Crippen LogP) is 6.71. The maximum Gasteiger partial charge on any atom is 0.129 e. The minimum absolute atomic E-state index is 0.509. The van der Waals surface area contributed by atoms with E-state index in [9.17, 15) is 0 Å². The number of likely N-dealkylation sites (tertiary alicyclic amines) is 2. The summed E-state index contributed by atoms with van der Waals surface area (Å²) in [7, 11) is 0. The molecule has 0 amide bonds. The van der Waals surface area contributed by atoms with Crippen molar-refractivity contribution in [3.63, 3.8) is 0 Å². The van der Waals surface area contributed by atoms with E-state index in [1.165, 1.54) is 79.0 Å². The Bertz CT molecular complexity index is 768. The number of hydrogen-bond donors (Lipinski definition) is 0. The number of piperidine rings is 2. The van der Waals surface area contributed by atoms with Crippen molar-refractivity contribution in [1.29, 1.82) is 0 Å². The third-order valence-corrected chi connectivity index (χ3v) is 7.54. The number of aryl methyl sites for hydroxylation is 2. The van der Waals surface area contributed by atoms with Crippen molar-refractivity contribution in [1.82, 2.24) is 9.80 Å². The van der Waals surface area contributed by atoms with Gasteiger partial charge in [0, 0.05) is 30.9 Å². The summed E-state index contributed by atoms with van der Waals surface area (Å²) < 4.78 is 0. The van der Waals surface area contributed by atoms with Gasteiger partial charge in [-0.2, -0.15) is 0 Å². The second-order valence-corrected chi connectivity index (χ2v) is 10.4. The highest BCUT2D eigenvalue weighted by Gasteiger charge is 2.24. The standard InChI is InChI=1S/C29H47N3/c1-7-25-13-12-14-26(8-2)28(25)24(6)30-29(32-17-10-9-11-18-32)27(22(3)4)21-31-19-15-23(5)16-20-31/h12-14,22-23H,7-11,15-21H2,1-6H3/b29-27+,30-24+. The second kappa shape index (κ2) is 12.0. The van der Waals surface area contributed by atoms with Crippen LogP contribution in [0.5, 0.6) is 0 Å². The van der Waals surface area contributed by atoms with E-state index < -0.39 is 0 Å². The van der Waals surface area contributed by atoms with Crippen LogP contribution in [0.3, 0.4) is 0 Å². The van der Waals surface area contributed by atoms with Crippen LogP contribution in [0.1, 0.15) is 90.3 Å². The monoisotopic (exact) mass is 437 g/mol. The van der Waals surface area contributed by atoms with Gasteiger partial charge >= 0.3 is 0 Å². The summed E-state index contributed by atoms with van der Waals surface area (Å²) in [5.74, 6) is 2.66. The van der Waals surface area contributed by atoms with Crippen molar-refractivity contribution in [2.75, 3.05) is 32.7 Å². The minimum atomic E-state index is 0.509. The van der Waals surface area contributed by atoms with Crippen LogP contribution in [0.15, 0.2) is 34.6 Å². The lowest BCUT2D eigenvalue weighted by Crippen LogP contribution is -2.37. The summed E-state index contributed by atoms with van der Waals surface area (Å²) in [5.41, 5.74) is 6.99. The smallest absolute Gasteiger partial charge is 0.129 e. The van der Waals surface area contributed by atoms with Crippen molar-refractivity contribution < 1.29 is 0 Å². The molecule has 1 aromatic rings. The third kappa shape index (κ3) is 6.25. The van der Waals surface area contributed by atoms with Crippen molar-refractivity contribution in [2.45, 2.75) is 86.5 Å². The number of nitrogens with zero attached hydrogens (tertiary/aromatic N) is 3. The van der Waals surface area contributed by atoms with Crippen LogP contribution in [0, 0.1) is 11.8 Å². The first-order valence-corrected chi connectivity index (χ1v) is 13.3. The van der Waals surface area contributed by atoms with Crippen molar-refractivity contribution >= 4 is 5.71 Å². The van der Waals surface area contributed by atoms with E-state index in [1.54, 1.807) is 0 Å². The van der Waals surface area contributed by atoms with Gasteiger partial charge in [0.15, 0.2) is 0 Å². The number of rotatable bonds is 8. The largest absolute Gasteiger partial charge is 0.357 e. The molecule has 3 rings (SSSR count). The van der Waals surface area contributed by atoms with E-state index in [2.05, 4.69) is 69.5 Å². The van der Waals surface area contributed by atoms with Crippen LogP contribution in [0.4, 0.5) is 0 Å². The number of hydrogen-bond acceptors (Lipinski definition) is 3. The quantitative estimate of drug-likeness (QED) is 0.421. The van der Waals surface area contributed by atoms with Gasteiger partial charge in [0.05, 0.1) is 0 Å². The van der Waals surface area contributed by atoms with Crippen LogP contribution in [-0.2, 0) is 12.8 Å². The summed E-state index contributed by atoms with van der Waals surface area (Å²) in [6.45, 7) is 19.7. The van der Waals surface area contributed by atoms with Gasteiger partial charge < -0.3 is 4.90 Å². The highest BCUT2D eigenvalue weighted by atomic mass is 15.2. The van der Waals surface area contributed by atoms with Gasteiger partial charge in [-0.15, -0.1) is 0 Å². The molecule has 0 atom stereocenters. The molecule has 0 aromatic heterocycles. The van der Waals surface area contributed by atoms with Crippen LogP contribution in [0.25, 0.3) is 0 Å². The Morgan fingerprint density at radius 2 is 1.56 bits per heavy atom. The number of benzene rings is 1. The molecule has 0 aliphatic carbocycles. The van der Waals surface area contributed by atoms with Gasteiger partial charge in [-0.1, -0.05) is 52.8 Å². The van der Waals surface area contributed by atoms with E-state index in [-0.39, 0.29) is 0 Å². The van der Waals surface area contributed by atoms with Crippen LogP contribution in [0.2, 0.25) is 0 Å². The maximum atomic E-state index is 5.49. The molecule has 2 aliphatic heterocycles. The van der Waals surface area contributed by atoms with Crippen LogP contribution in [-0.4, -0.2) is 48.2 Å². The lowest BCUT2D eigenvalue weighted by atomic mass is 9.94. The minimum Gasteiger partial charge on any atom is -0.357 e. The molecule has 3 nitrogen and oxygen atoms in total. The van der Waals surface area contributed by atoms with Gasteiger partial charge in [-0.25, -0.2) is 4.99 Å². The molecular formula is C29H47N3. The highest BCUT2D eigenvalue weighted by Crippen LogP contribution is 2.28. The average molecular weight is 438 g/mol. The first kappa shape index (κ1) is 25.0. The Balaban J connectivity index is 2.04. The SMILES string of the molecule is CCc1cccc(CC)c1/C(C)=N/C(=C(/CN1CCC(C)CC1)C(C)C)N1CCCCC1. The van der Waals surface area contributed by atoms with E-state index in [4.69, 9.17) is 4.99 Å². The molecule has 2 fully saturated rings. The molecule has 2 aliphatic rings. The zero-order valence-corrected chi connectivity index (χ0v) is 21.7. The molecule has 0 bridgehead atoms. The van der Waals surface area contributed by atoms with Gasteiger partial charge in [0.1, 0.15) is 5.82 Å². The highest BCUT2D eigenvalue weighted by molar-refractivity contribution is 6.02. The zero-order valence-electron chi connectivity index (χ0n) is 21.7. The molecule has 32 heavy (non-hydrogen) atoms. The molecule has 0 unspecified atom stereocenters. The molecule has 3 heteroatoms. The van der Waals surface area contributed by atoms with Crippen LogP contribution < -0.4 is 0 Å². The second-order valence-electron chi connectivity index (χ2n) is 10.4. The summed E-state index contributed by atoms with van der Waals surface area (Å²) in [5, 5.41) is 0. The van der Waals surface area contributed by atoms with Gasteiger partial charge in [-0.05, 0) is 93.5 Å². The Hall–Kier alpha value is -1.61. The van der Waals surface area contributed by atoms with Gasteiger partial charge in [0.25, 0.3) is 0 Å². The topological polar surface area (TPSA) is 18.8 Å². The van der Waals surface area contributed by atoms with Crippen molar-refractivity contribution in [3.8, 4) is 0 Å². The van der Waals surface area contributed by atoms with E-state index in [0.29, 0.717) is 5.92 Å². The summed E-state index contributed by atoms with van der Waals surface area (Å²) in [6.07, 6.45) is 8.70. The zero-order chi connectivity index (χ0) is 23.1. The molecule has 0 saturated carbocycles. The van der Waals surface area contributed by atoms with Crippen molar-refractivity contribution in [3.05, 3.63) is 46.3 Å². The maximum absolute atomic E-state index is 5.49. The van der Waals surface area contributed by atoms with E-state index in [1.807, 2.05) is 0 Å². The molecule has 0 N–H and O–H groups in total. The molecule has 0 spiro atoms. The molecule has 178 valence electrons. The third-order valence-electron chi connectivity index (χ3n) is 7.54. The normalized spacial score (nSPS) is 20.1. The van der Waals surface area contributed by atoms with Crippen LogP contribution >= 0.6 is 0 Å². The number of aliphatic imine (C=N–C) groups is 1. The predicted molar refractivity (Wildman–Crippen MR) is 140 cm³/mol. The van der Waals surface area contributed by atoms with E-state index in [0.717, 1.165) is 38.4 Å². The van der Waals surface area contributed by atoms with Gasteiger partial charge in [0.2, 0.25) is 0 Å². The fourth-order valence-corrected chi connectivity index (χ4v) is 5.35. The first-order valence-electron chi connectivity index (χ1n) is 13.3. The molecule has 2 saturated heterocycles. The lowest BCUT2D eigenvalue weighted by molar-refractivity contribution is 0.198.